The normalized spacial score (nSPS) is 19.4. The van der Waals surface area contributed by atoms with Crippen molar-refractivity contribution in [2.24, 2.45) is 5.73 Å². The molecule has 0 bridgehead atoms. The van der Waals surface area contributed by atoms with Crippen molar-refractivity contribution in [2.75, 3.05) is 37.7 Å². The molecule has 0 saturated carbocycles. The number of unbranched alkanes of at least 4 members (excludes halogenated alkanes) is 2. The van der Waals surface area contributed by atoms with Gasteiger partial charge in [-0.3, -0.25) is 19.2 Å². The van der Waals surface area contributed by atoms with E-state index < -0.39 is 23.1 Å². The second-order valence-electron chi connectivity index (χ2n) is 12.8. The quantitative estimate of drug-likeness (QED) is 0.0826. The van der Waals surface area contributed by atoms with E-state index in [1.54, 1.807) is 0 Å². The van der Waals surface area contributed by atoms with Gasteiger partial charge in [-0.1, -0.05) is 56.0 Å². The number of carbonyl (C=O) groups is 4. The third-order valence-electron chi connectivity index (χ3n) is 7.40. The Morgan fingerprint density at radius 2 is 1.39 bits per heavy atom. The van der Waals surface area contributed by atoms with Gasteiger partial charge < -0.3 is 31.7 Å². The summed E-state index contributed by atoms with van der Waals surface area (Å²) in [6.45, 7) is 8.49. The third kappa shape index (κ3) is 17.8. The fraction of sp³-hybridized carbons (Fsp3) is 0.867. The van der Waals surface area contributed by atoms with Crippen molar-refractivity contribution in [3.63, 3.8) is 0 Å². The van der Waals surface area contributed by atoms with Crippen molar-refractivity contribution in [3.05, 3.63) is 0 Å². The van der Waals surface area contributed by atoms with Gasteiger partial charge in [-0.15, -0.1) is 0 Å². The van der Waals surface area contributed by atoms with Crippen LogP contribution in [0.15, 0.2) is 0 Å². The number of hydrogen-bond acceptors (Lipinski definition) is 10. The average Bonchev–Trinajstić information content (AvgIpc) is 3.69. The van der Waals surface area contributed by atoms with Crippen LogP contribution in [0.1, 0.15) is 98.3 Å². The topological polar surface area (TPSA) is 152 Å². The minimum absolute atomic E-state index is 0.0335. The van der Waals surface area contributed by atoms with Gasteiger partial charge in [0.15, 0.2) is 0 Å². The Kier molecular flexibility index (Phi) is 18.9. The molecule has 2 unspecified atom stereocenters. The Morgan fingerprint density at radius 1 is 0.818 bits per heavy atom. The van der Waals surface area contributed by atoms with Crippen LogP contribution < -0.4 is 27.0 Å². The van der Waals surface area contributed by atoms with Crippen LogP contribution in [0.2, 0.25) is 0 Å². The Bertz CT molecular complexity index is 899. The number of nitrogens with two attached hydrogens (primary N) is 1. The van der Waals surface area contributed by atoms with Gasteiger partial charge in [-0.25, -0.2) is 0 Å². The zero-order valence-corrected chi connectivity index (χ0v) is 30.3. The number of ether oxygens (including phenoxy) is 1. The third-order valence-corrected chi connectivity index (χ3v) is 13.4. The Balaban J connectivity index is 1.79. The summed E-state index contributed by atoms with van der Waals surface area (Å²) in [4.78, 5) is 51.1. The first-order valence-electron chi connectivity index (χ1n) is 15.9. The molecule has 254 valence electrons. The van der Waals surface area contributed by atoms with Crippen LogP contribution in [0, 0.1) is 0 Å². The van der Waals surface area contributed by atoms with Crippen LogP contribution in [0.4, 0.5) is 0 Å². The van der Waals surface area contributed by atoms with E-state index in [1.807, 2.05) is 70.9 Å². The highest BCUT2D eigenvalue weighted by Gasteiger charge is 2.29. The molecule has 2 aliphatic rings. The molecule has 2 saturated heterocycles. The number of carbonyl (C=O) groups excluding carboxylic acids is 4. The van der Waals surface area contributed by atoms with Crippen LogP contribution in [-0.2, 0) is 23.9 Å². The number of hydrogen-bond donors (Lipinski definition) is 5. The monoisotopic (exact) mass is 693 g/mol. The molecule has 44 heavy (non-hydrogen) atoms. The summed E-state index contributed by atoms with van der Waals surface area (Å²) in [5.74, 6) is 1.30. The van der Waals surface area contributed by atoms with Crippen molar-refractivity contribution in [1.82, 2.24) is 21.3 Å². The maximum Gasteiger partial charge on any atom is 0.243 e. The lowest BCUT2D eigenvalue weighted by atomic mass is 10.0. The van der Waals surface area contributed by atoms with Crippen molar-refractivity contribution in [2.45, 2.75) is 126 Å². The first-order chi connectivity index (χ1) is 20.9. The van der Waals surface area contributed by atoms with Crippen LogP contribution in [-0.4, -0.2) is 89.1 Å². The first kappa shape index (κ1) is 39.4. The lowest BCUT2D eigenvalue weighted by Crippen LogP contribution is -2.54. The summed E-state index contributed by atoms with van der Waals surface area (Å²) in [7, 11) is 7.73. The molecule has 6 N–H and O–H groups in total. The van der Waals surface area contributed by atoms with E-state index in [4.69, 9.17) is 10.5 Å². The lowest BCUT2D eigenvalue weighted by molar-refractivity contribution is -0.132. The maximum atomic E-state index is 13.1. The predicted octanol–water partition coefficient (Wildman–Crippen LogP) is 4.17. The van der Waals surface area contributed by atoms with Crippen LogP contribution >= 0.6 is 43.2 Å². The standard InChI is InChI=1S/C30H55N5O5S4/c1-29(2,21-40-30(3,4)20-31)35-27(38)19-24(34-26(37)12-8-6-10-23-14-18-42-44-23)28(39)33-16-15-32-25(36)11-7-5-9-22-13-17-41-43-22/h22-24H,5-21,31H2,1-4H3,(H,32,36)(H,33,39)(H,34,37)(H,35,38)/t22?,23?,24-/m0/s1. The van der Waals surface area contributed by atoms with Crippen molar-refractivity contribution >= 4 is 66.8 Å². The van der Waals surface area contributed by atoms with E-state index in [1.165, 1.54) is 24.3 Å². The molecule has 10 nitrogen and oxygen atoms in total. The van der Waals surface area contributed by atoms with Gasteiger partial charge in [-0.2, -0.15) is 0 Å². The molecule has 0 radical (unpaired) electrons. The number of amides is 4. The molecule has 0 spiro atoms. The summed E-state index contributed by atoms with van der Waals surface area (Å²) in [5, 5.41) is 12.7. The molecular formula is C30H55N5O5S4. The van der Waals surface area contributed by atoms with Crippen LogP contribution in [0.3, 0.4) is 0 Å². The van der Waals surface area contributed by atoms with Crippen LogP contribution in [0.25, 0.3) is 0 Å². The van der Waals surface area contributed by atoms with E-state index in [0.29, 0.717) is 29.9 Å². The van der Waals surface area contributed by atoms with E-state index >= 15 is 0 Å². The molecule has 14 heteroatoms. The van der Waals surface area contributed by atoms with Crippen molar-refractivity contribution in [1.29, 1.82) is 0 Å². The summed E-state index contributed by atoms with van der Waals surface area (Å²) < 4.78 is 5.86. The SMILES string of the molecule is CC(C)(COC(C)(C)CN)NC(=O)C[C@H](NC(=O)CCCCC1CCSS1)C(=O)NCCNC(=O)CCCCC1CCSS1. The second-order valence-corrected chi connectivity index (χ2v) is 18.4. The molecule has 0 aromatic carbocycles. The highest BCUT2D eigenvalue weighted by molar-refractivity contribution is 8.77. The van der Waals surface area contributed by atoms with Gasteiger partial charge in [-0.05, 0) is 66.2 Å². The summed E-state index contributed by atoms with van der Waals surface area (Å²) in [6.07, 6.45) is 8.85. The highest BCUT2D eigenvalue weighted by Crippen LogP contribution is 2.40. The fourth-order valence-electron chi connectivity index (χ4n) is 4.60. The van der Waals surface area contributed by atoms with Crippen molar-refractivity contribution in [3.8, 4) is 0 Å². The molecular weight excluding hydrogens is 639 g/mol. The van der Waals surface area contributed by atoms with Crippen molar-refractivity contribution < 1.29 is 23.9 Å². The molecule has 0 aromatic heterocycles. The Morgan fingerprint density at radius 3 is 1.93 bits per heavy atom. The van der Waals surface area contributed by atoms with Gasteiger partial charge in [0.05, 0.1) is 24.2 Å². The molecule has 2 fully saturated rings. The number of rotatable bonds is 22. The molecule has 3 atom stereocenters. The zero-order chi connectivity index (χ0) is 32.4. The number of nitrogens with one attached hydrogen (secondary N) is 4. The minimum atomic E-state index is -1.02. The van der Waals surface area contributed by atoms with Gasteiger partial charge in [0.1, 0.15) is 6.04 Å². The predicted molar refractivity (Wildman–Crippen MR) is 188 cm³/mol. The molecule has 0 aromatic rings. The fourth-order valence-corrected chi connectivity index (χ4v) is 10.7. The summed E-state index contributed by atoms with van der Waals surface area (Å²) in [5.41, 5.74) is 4.51. The van der Waals surface area contributed by atoms with E-state index in [0.717, 1.165) is 38.5 Å². The highest BCUT2D eigenvalue weighted by atomic mass is 33.1. The van der Waals surface area contributed by atoms with E-state index in [2.05, 4.69) is 21.3 Å². The molecule has 0 aliphatic carbocycles. The molecule has 2 aliphatic heterocycles. The van der Waals surface area contributed by atoms with Gasteiger partial charge in [0.25, 0.3) is 0 Å². The lowest BCUT2D eigenvalue weighted by Gasteiger charge is -2.32. The van der Waals surface area contributed by atoms with E-state index in [-0.39, 0.29) is 43.8 Å². The smallest absolute Gasteiger partial charge is 0.243 e. The average molecular weight is 694 g/mol. The van der Waals surface area contributed by atoms with Gasteiger partial charge >= 0.3 is 0 Å². The maximum absolute atomic E-state index is 13.1. The van der Waals surface area contributed by atoms with Crippen LogP contribution in [0.5, 0.6) is 0 Å². The first-order valence-corrected chi connectivity index (χ1v) is 20.7. The zero-order valence-electron chi connectivity index (χ0n) is 27.0. The Labute approximate surface area is 280 Å². The largest absolute Gasteiger partial charge is 0.372 e. The summed E-state index contributed by atoms with van der Waals surface area (Å²) >= 11 is 0. The van der Waals surface area contributed by atoms with Gasteiger partial charge in [0, 0.05) is 54.5 Å². The summed E-state index contributed by atoms with van der Waals surface area (Å²) in [6, 6.07) is -1.02. The molecule has 4 amide bonds. The second kappa shape index (κ2) is 21.1. The van der Waals surface area contributed by atoms with E-state index in [9.17, 15) is 19.2 Å². The Hall–Kier alpha value is -0.800. The molecule has 2 rings (SSSR count). The van der Waals surface area contributed by atoms with Gasteiger partial charge in [0.2, 0.25) is 23.6 Å². The molecule has 2 heterocycles. The minimum Gasteiger partial charge on any atom is -0.372 e.